The maximum atomic E-state index is 13.2. The molecule has 0 aromatic heterocycles. The smallest absolute Gasteiger partial charge is 0.393 e. The highest BCUT2D eigenvalue weighted by Crippen LogP contribution is 2.52. The first kappa shape index (κ1) is 23.4. The molecule has 14 heteroatoms. The van der Waals surface area contributed by atoms with E-state index in [1.165, 1.54) is 0 Å². The minimum Gasteiger partial charge on any atom is -0.393 e. The van der Waals surface area contributed by atoms with Gasteiger partial charge in [0.05, 0.1) is 0 Å². The minimum absolute atomic E-state index is 0.670. The van der Waals surface area contributed by atoms with Gasteiger partial charge in [-0.15, -0.1) is 0 Å². The van der Waals surface area contributed by atoms with Gasteiger partial charge in [0.25, 0.3) is 0 Å². The summed E-state index contributed by atoms with van der Waals surface area (Å²) >= 11 is 0. The Labute approximate surface area is 131 Å². The first-order chi connectivity index (χ1) is 10.7. The minimum atomic E-state index is -6.94. The van der Waals surface area contributed by atoms with E-state index in [0.29, 0.717) is 6.92 Å². The van der Waals surface area contributed by atoms with Crippen LogP contribution in [0.1, 0.15) is 13.3 Å². The predicted octanol–water partition coefficient (Wildman–Crippen LogP) is 4.89. The summed E-state index contributed by atoms with van der Waals surface area (Å²) < 4.78 is 155. The zero-order valence-corrected chi connectivity index (χ0v) is 11.8. The molecule has 0 spiro atoms. The van der Waals surface area contributed by atoms with Crippen molar-refractivity contribution in [1.29, 1.82) is 0 Å². The zero-order valence-electron chi connectivity index (χ0n) is 11.8. The highest BCUT2D eigenvalue weighted by atomic mass is 19.4. The molecule has 25 heavy (non-hydrogen) atoms. The van der Waals surface area contributed by atoms with Gasteiger partial charge in [0.1, 0.15) is 0 Å². The lowest BCUT2D eigenvalue weighted by atomic mass is 9.94. The maximum absolute atomic E-state index is 13.2. The second-order valence-electron chi connectivity index (χ2n) is 4.78. The van der Waals surface area contributed by atoms with Crippen molar-refractivity contribution >= 4 is 5.97 Å². The van der Waals surface area contributed by atoms with Crippen LogP contribution in [0.4, 0.5) is 52.7 Å². The number of carbonyl (C=O) groups is 1. The Balaban J connectivity index is 5.73. The highest BCUT2D eigenvalue weighted by molar-refractivity contribution is 5.87. The average Bonchev–Trinajstić information content (AvgIpc) is 2.34. The van der Waals surface area contributed by atoms with Gasteiger partial charge >= 0.3 is 36.0 Å². The first-order valence-electron chi connectivity index (χ1n) is 5.81. The van der Waals surface area contributed by atoms with Crippen molar-refractivity contribution in [2.45, 2.75) is 49.6 Å². The van der Waals surface area contributed by atoms with E-state index in [-0.39, 0.29) is 0 Å². The molecule has 148 valence electrons. The molecule has 1 unspecified atom stereocenters. The lowest BCUT2D eigenvalue weighted by molar-refractivity contribution is -0.371. The van der Waals surface area contributed by atoms with Crippen LogP contribution >= 0.6 is 0 Å². The van der Waals surface area contributed by atoms with Gasteiger partial charge in [-0.05, 0) is 6.92 Å². The van der Waals surface area contributed by atoms with E-state index in [1.54, 1.807) is 0 Å². The summed E-state index contributed by atoms with van der Waals surface area (Å²) in [6, 6.07) is 0. The van der Waals surface area contributed by atoms with Gasteiger partial charge in [-0.3, -0.25) is 0 Å². The highest BCUT2D eigenvalue weighted by Gasteiger charge is 2.76. The molecule has 0 aliphatic carbocycles. The molecule has 0 saturated carbocycles. The van der Waals surface area contributed by atoms with E-state index in [2.05, 4.69) is 11.3 Å². The van der Waals surface area contributed by atoms with Crippen molar-refractivity contribution in [3.63, 3.8) is 0 Å². The number of hydrogen-bond acceptors (Lipinski definition) is 2. The molecule has 0 aliphatic rings. The monoisotopic (exact) mass is 400 g/mol. The number of hydrogen-bond donors (Lipinski definition) is 0. The second kappa shape index (κ2) is 6.59. The van der Waals surface area contributed by atoms with Gasteiger partial charge < -0.3 is 4.74 Å². The summed E-state index contributed by atoms with van der Waals surface area (Å²) in [6.07, 6.45) is -28.8. The van der Waals surface area contributed by atoms with Crippen LogP contribution in [-0.4, -0.2) is 42.2 Å². The molecule has 2 nitrogen and oxygen atoms in total. The van der Waals surface area contributed by atoms with Crippen LogP contribution in [0.15, 0.2) is 12.2 Å². The fraction of sp³-hybridized carbons (Fsp3) is 0.727. The third kappa shape index (κ3) is 4.51. The van der Waals surface area contributed by atoms with Gasteiger partial charge in [0.15, 0.2) is 6.17 Å². The van der Waals surface area contributed by atoms with Gasteiger partial charge in [0, 0.05) is 12.0 Å². The molecule has 0 aromatic rings. The topological polar surface area (TPSA) is 26.3 Å². The quantitative estimate of drug-likeness (QED) is 0.361. The SMILES string of the molecule is C=C(C)C(=O)OC(F)(F)C(F)(F)C(F)CC(F)(C(F)(F)F)C(F)(F)F. The summed E-state index contributed by atoms with van der Waals surface area (Å²) in [5.74, 6) is -8.65. The fourth-order valence-corrected chi connectivity index (χ4v) is 1.22. The molecule has 0 N–H and O–H groups in total. The largest absolute Gasteiger partial charge is 0.469 e. The summed E-state index contributed by atoms with van der Waals surface area (Å²) in [5.41, 5.74) is -7.46. The van der Waals surface area contributed by atoms with E-state index < -0.39 is 54.2 Å². The zero-order chi connectivity index (χ0) is 20.6. The van der Waals surface area contributed by atoms with Crippen molar-refractivity contribution in [2.24, 2.45) is 0 Å². The van der Waals surface area contributed by atoms with Crippen molar-refractivity contribution in [3.8, 4) is 0 Å². The number of carbonyl (C=O) groups excluding carboxylic acids is 1. The van der Waals surface area contributed by atoms with Crippen LogP contribution in [0.25, 0.3) is 0 Å². The average molecular weight is 400 g/mol. The number of alkyl halides is 12. The molecular weight excluding hydrogens is 392 g/mol. The Morgan fingerprint density at radius 2 is 1.28 bits per heavy atom. The van der Waals surface area contributed by atoms with Gasteiger partial charge in [0.2, 0.25) is 0 Å². The molecule has 0 radical (unpaired) electrons. The van der Waals surface area contributed by atoms with E-state index in [4.69, 9.17) is 0 Å². The summed E-state index contributed by atoms with van der Waals surface area (Å²) in [7, 11) is 0. The van der Waals surface area contributed by atoms with E-state index in [1.807, 2.05) is 0 Å². The maximum Gasteiger partial charge on any atom is 0.469 e. The van der Waals surface area contributed by atoms with E-state index >= 15 is 0 Å². The summed E-state index contributed by atoms with van der Waals surface area (Å²) in [5, 5.41) is 0. The normalized spacial score (nSPS) is 15.7. The third-order valence-electron chi connectivity index (χ3n) is 2.71. The Morgan fingerprint density at radius 3 is 1.56 bits per heavy atom. The molecule has 0 bridgehead atoms. The molecule has 0 amide bonds. The van der Waals surface area contributed by atoms with Gasteiger partial charge in [-0.25, -0.2) is 13.6 Å². The van der Waals surface area contributed by atoms with Crippen molar-refractivity contribution in [3.05, 3.63) is 12.2 Å². The van der Waals surface area contributed by atoms with Crippen LogP contribution in [0.2, 0.25) is 0 Å². The molecule has 0 heterocycles. The van der Waals surface area contributed by atoms with Crippen LogP contribution in [0.5, 0.6) is 0 Å². The second-order valence-corrected chi connectivity index (χ2v) is 4.78. The molecule has 0 saturated heterocycles. The first-order valence-corrected chi connectivity index (χ1v) is 5.81. The molecule has 0 rings (SSSR count). The lowest BCUT2D eigenvalue weighted by Gasteiger charge is -2.34. The van der Waals surface area contributed by atoms with Crippen LogP contribution in [-0.2, 0) is 9.53 Å². The molecule has 1 atom stereocenters. The Hall–Kier alpha value is -1.63. The molecule has 0 fully saturated rings. The fourth-order valence-electron chi connectivity index (χ4n) is 1.22. The Morgan fingerprint density at radius 1 is 0.920 bits per heavy atom. The predicted molar refractivity (Wildman–Crippen MR) is 56.3 cm³/mol. The van der Waals surface area contributed by atoms with Gasteiger partial charge in [-0.2, -0.15) is 43.9 Å². The van der Waals surface area contributed by atoms with Crippen molar-refractivity contribution < 1.29 is 62.2 Å². The number of rotatable bonds is 6. The summed E-state index contributed by atoms with van der Waals surface area (Å²) in [4.78, 5) is 10.7. The number of esters is 1. The number of ether oxygens (including phenoxy) is 1. The van der Waals surface area contributed by atoms with E-state index in [0.717, 1.165) is 0 Å². The third-order valence-corrected chi connectivity index (χ3v) is 2.71. The summed E-state index contributed by atoms with van der Waals surface area (Å²) in [6.45, 7) is 3.36. The lowest BCUT2D eigenvalue weighted by Crippen LogP contribution is -2.59. The van der Waals surface area contributed by atoms with Crippen LogP contribution in [0, 0.1) is 0 Å². The van der Waals surface area contributed by atoms with Gasteiger partial charge in [-0.1, -0.05) is 6.58 Å². The molecule has 0 aliphatic heterocycles. The number of halogens is 12. The standard InChI is InChI=1S/C11H8F12O2/c1-4(2)6(24)25-11(22,23)8(14,15)5(12)3-7(13,9(16,17)18)10(19,20)21/h5H,1,3H2,2H3. The molecule has 0 aromatic carbocycles. The molecular formula is C11H8F12O2. The van der Waals surface area contributed by atoms with Crippen LogP contribution in [0.3, 0.4) is 0 Å². The van der Waals surface area contributed by atoms with Crippen molar-refractivity contribution in [2.75, 3.05) is 0 Å². The van der Waals surface area contributed by atoms with Crippen molar-refractivity contribution in [1.82, 2.24) is 0 Å². The van der Waals surface area contributed by atoms with Crippen LogP contribution < -0.4 is 0 Å². The Kier molecular flexibility index (Phi) is 6.16. The Bertz CT molecular complexity index is 504. The van der Waals surface area contributed by atoms with E-state index in [9.17, 15) is 57.5 Å².